The summed E-state index contributed by atoms with van der Waals surface area (Å²) >= 11 is 0. The van der Waals surface area contributed by atoms with Crippen LogP contribution in [-0.4, -0.2) is 35.8 Å². The Balaban J connectivity index is 1.74. The number of pyridine rings is 1. The third-order valence-electron chi connectivity index (χ3n) is 4.81. The highest BCUT2D eigenvalue weighted by Crippen LogP contribution is 2.34. The lowest BCUT2D eigenvalue weighted by atomic mass is 9.99. The van der Waals surface area contributed by atoms with Crippen LogP contribution in [0.15, 0.2) is 30.5 Å². The average molecular weight is 400 g/mol. The summed E-state index contributed by atoms with van der Waals surface area (Å²) < 4.78 is 19.3. The van der Waals surface area contributed by atoms with Gasteiger partial charge < -0.3 is 20.7 Å². The van der Waals surface area contributed by atoms with Crippen LogP contribution in [0, 0.1) is 12.7 Å². The predicted molar refractivity (Wildman–Crippen MR) is 113 cm³/mol. The Morgan fingerprint density at radius 2 is 1.93 bits per heavy atom. The minimum atomic E-state index is -0.517. The second-order valence-corrected chi connectivity index (χ2v) is 8.55. The standard InChI is InChI=1S/C22H29FN4O2/c1-14-9-15(11-16(23)10-14)18-13-25-20(24)12-19(18)27-7-5-17(6-8-27)26-21(28)29-22(2,3)4/h9-13,17H,5-8H2,1-4H3,(H2,24,25)(H,26,28). The number of nitrogens with zero attached hydrogens (tertiary/aromatic N) is 2. The molecule has 3 N–H and O–H groups in total. The minimum Gasteiger partial charge on any atom is -0.444 e. The highest BCUT2D eigenvalue weighted by molar-refractivity contribution is 5.80. The van der Waals surface area contributed by atoms with Gasteiger partial charge in [-0.05, 0) is 63.8 Å². The van der Waals surface area contributed by atoms with Crippen LogP contribution in [0.4, 0.5) is 20.7 Å². The van der Waals surface area contributed by atoms with Crippen molar-refractivity contribution in [1.29, 1.82) is 0 Å². The number of piperidine rings is 1. The summed E-state index contributed by atoms with van der Waals surface area (Å²) in [6.07, 6.45) is 2.87. The average Bonchev–Trinajstić information content (AvgIpc) is 2.59. The van der Waals surface area contributed by atoms with Crippen molar-refractivity contribution in [2.24, 2.45) is 0 Å². The largest absolute Gasteiger partial charge is 0.444 e. The number of carbonyl (C=O) groups excluding carboxylic acids is 1. The molecule has 0 saturated carbocycles. The molecule has 6 nitrogen and oxygen atoms in total. The lowest BCUT2D eigenvalue weighted by molar-refractivity contribution is 0.0497. The summed E-state index contributed by atoms with van der Waals surface area (Å²) in [7, 11) is 0. The molecular formula is C22H29FN4O2. The topological polar surface area (TPSA) is 80.5 Å². The Labute approximate surface area is 171 Å². The van der Waals surface area contributed by atoms with Crippen molar-refractivity contribution in [3.05, 3.63) is 41.8 Å². The van der Waals surface area contributed by atoms with Crippen molar-refractivity contribution >= 4 is 17.6 Å². The van der Waals surface area contributed by atoms with E-state index in [0.717, 1.165) is 48.3 Å². The van der Waals surface area contributed by atoms with Crippen molar-refractivity contribution in [2.45, 2.75) is 52.2 Å². The summed E-state index contributed by atoms with van der Waals surface area (Å²) in [6, 6.07) is 6.84. The van der Waals surface area contributed by atoms with Gasteiger partial charge in [0.1, 0.15) is 17.2 Å². The van der Waals surface area contributed by atoms with Gasteiger partial charge in [-0.1, -0.05) is 6.07 Å². The number of carbonyl (C=O) groups is 1. The predicted octanol–water partition coefficient (Wildman–Crippen LogP) is 4.27. The van der Waals surface area contributed by atoms with E-state index >= 15 is 0 Å². The number of hydrogen-bond acceptors (Lipinski definition) is 5. The fourth-order valence-corrected chi connectivity index (χ4v) is 3.58. The summed E-state index contributed by atoms with van der Waals surface area (Å²) in [5.74, 6) is 0.147. The highest BCUT2D eigenvalue weighted by Gasteiger charge is 2.25. The second kappa shape index (κ2) is 8.27. The quantitative estimate of drug-likeness (QED) is 0.804. The Bertz CT molecular complexity index is 867. The van der Waals surface area contributed by atoms with Gasteiger partial charge in [0.2, 0.25) is 0 Å². The first-order valence-corrected chi connectivity index (χ1v) is 9.88. The van der Waals surface area contributed by atoms with Gasteiger partial charge >= 0.3 is 6.09 Å². The second-order valence-electron chi connectivity index (χ2n) is 8.55. The molecule has 1 amide bonds. The lowest BCUT2D eigenvalue weighted by Crippen LogP contribution is -2.46. The maximum Gasteiger partial charge on any atom is 0.407 e. The third-order valence-corrected chi connectivity index (χ3v) is 4.81. The number of nitrogens with one attached hydrogen (secondary N) is 1. The zero-order chi connectivity index (χ0) is 21.2. The molecule has 7 heteroatoms. The first-order chi connectivity index (χ1) is 13.6. The first kappa shape index (κ1) is 20.9. The van der Waals surface area contributed by atoms with E-state index in [0.29, 0.717) is 5.82 Å². The van der Waals surface area contributed by atoms with Gasteiger partial charge in [0.05, 0.1) is 0 Å². The third kappa shape index (κ3) is 5.59. The molecule has 2 heterocycles. The van der Waals surface area contributed by atoms with Gasteiger partial charge in [0.15, 0.2) is 0 Å². The highest BCUT2D eigenvalue weighted by atomic mass is 19.1. The number of halogens is 1. The molecule has 0 spiro atoms. The smallest absolute Gasteiger partial charge is 0.407 e. The minimum absolute atomic E-state index is 0.0557. The van der Waals surface area contributed by atoms with Gasteiger partial charge in [-0.15, -0.1) is 0 Å². The zero-order valence-corrected chi connectivity index (χ0v) is 17.5. The summed E-state index contributed by atoms with van der Waals surface area (Å²) in [4.78, 5) is 18.4. The normalized spacial score (nSPS) is 15.3. The Morgan fingerprint density at radius 3 is 2.55 bits per heavy atom. The summed E-state index contributed by atoms with van der Waals surface area (Å²) in [5.41, 5.74) is 8.83. The van der Waals surface area contributed by atoms with Crippen molar-refractivity contribution in [2.75, 3.05) is 23.7 Å². The molecule has 0 radical (unpaired) electrons. The summed E-state index contributed by atoms with van der Waals surface area (Å²) in [6.45, 7) is 8.89. The molecule has 0 bridgehead atoms. The van der Waals surface area contributed by atoms with E-state index in [1.807, 2.05) is 39.8 Å². The molecule has 1 fully saturated rings. The number of alkyl carbamates (subject to hydrolysis) is 1. The number of nitrogen functional groups attached to an aromatic ring is 1. The van der Waals surface area contributed by atoms with Crippen LogP contribution in [0.3, 0.4) is 0 Å². The molecule has 0 unspecified atom stereocenters. The number of rotatable bonds is 3. The number of benzene rings is 1. The van der Waals surface area contributed by atoms with E-state index < -0.39 is 5.60 Å². The van der Waals surface area contributed by atoms with Gasteiger partial charge in [-0.3, -0.25) is 0 Å². The molecule has 1 aliphatic heterocycles. The van der Waals surface area contributed by atoms with Crippen molar-refractivity contribution < 1.29 is 13.9 Å². The molecule has 3 rings (SSSR count). The fraction of sp³-hybridized carbons (Fsp3) is 0.455. The van der Waals surface area contributed by atoms with E-state index in [4.69, 9.17) is 10.5 Å². The van der Waals surface area contributed by atoms with Gasteiger partial charge in [-0.2, -0.15) is 0 Å². The number of anilines is 2. The molecule has 0 aliphatic carbocycles. The van der Waals surface area contributed by atoms with Crippen LogP contribution in [0.2, 0.25) is 0 Å². The number of nitrogens with two attached hydrogens (primary N) is 1. The Kier molecular flexibility index (Phi) is 5.96. The molecule has 1 saturated heterocycles. The van der Waals surface area contributed by atoms with Crippen LogP contribution < -0.4 is 16.0 Å². The molecule has 29 heavy (non-hydrogen) atoms. The van der Waals surface area contributed by atoms with Crippen LogP contribution >= 0.6 is 0 Å². The van der Waals surface area contributed by atoms with Crippen LogP contribution in [-0.2, 0) is 4.74 Å². The van der Waals surface area contributed by atoms with Gasteiger partial charge in [-0.25, -0.2) is 14.2 Å². The summed E-state index contributed by atoms with van der Waals surface area (Å²) in [5, 5.41) is 2.95. The monoisotopic (exact) mass is 400 g/mol. The van der Waals surface area contributed by atoms with E-state index in [1.165, 1.54) is 12.1 Å². The van der Waals surface area contributed by atoms with Gasteiger partial charge in [0.25, 0.3) is 0 Å². The number of amides is 1. The van der Waals surface area contributed by atoms with Crippen LogP contribution in [0.5, 0.6) is 0 Å². The molecular weight excluding hydrogens is 371 g/mol. The zero-order valence-electron chi connectivity index (χ0n) is 17.5. The van der Waals surface area contributed by atoms with Crippen LogP contribution in [0.1, 0.15) is 39.2 Å². The van der Waals surface area contributed by atoms with Crippen LogP contribution in [0.25, 0.3) is 11.1 Å². The number of aromatic nitrogens is 1. The molecule has 2 aromatic rings. The van der Waals surface area contributed by atoms with E-state index in [2.05, 4.69) is 15.2 Å². The van der Waals surface area contributed by atoms with E-state index in [-0.39, 0.29) is 18.0 Å². The number of aryl methyl sites for hydroxylation is 1. The molecule has 1 aromatic carbocycles. The molecule has 1 aromatic heterocycles. The first-order valence-electron chi connectivity index (χ1n) is 9.88. The van der Waals surface area contributed by atoms with Gasteiger partial charge in [0, 0.05) is 42.6 Å². The number of hydrogen-bond donors (Lipinski definition) is 2. The molecule has 156 valence electrons. The van der Waals surface area contributed by atoms with E-state index in [1.54, 1.807) is 6.20 Å². The SMILES string of the molecule is Cc1cc(F)cc(-c2cnc(N)cc2N2CCC(NC(=O)OC(C)(C)C)CC2)c1. The van der Waals surface area contributed by atoms with Crippen molar-refractivity contribution in [3.63, 3.8) is 0 Å². The fourth-order valence-electron chi connectivity index (χ4n) is 3.58. The molecule has 0 atom stereocenters. The number of ether oxygens (including phenoxy) is 1. The molecule has 1 aliphatic rings. The maximum atomic E-state index is 13.9. The maximum absolute atomic E-state index is 13.9. The lowest BCUT2D eigenvalue weighted by Gasteiger charge is -2.35. The Hall–Kier alpha value is -2.83. The van der Waals surface area contributed by atoms with Crippen molar-refractivity contribution in [1.82, 2.24) is 10.3 Å². The van der Waals surface area contributed by atoms with Crippen molar-refractivity contribution in [3.8, 4) is 11.1 Å². The Morgan fingerprint density at radius 1 is 1.24 bits per heavy atom. The van der Waals surface area contributed by atoms with E-state index in [9.17, 15) is 9.18 Å².